The molecule has 72 valence electrons. The van der Waals surface area contributed by atoms with Gasteiger partial charge in [0, 0.05) is 6.54 Å². The highest BCUT2D eigenvalue weighted by Crippen LogP contribution is 2.23. The molecule has 2 aromatic heterocycles. The molecule has 2 aromatic rings. The van der Waals surface area contributed by atoms with Crippen LogP contribution in [0.4, 0.5) is 0 Å². The summed E-state index contributed by atoms with van der Waals surface area (Å²) in [6.45, 7) is 0.444. The number of nitrogens with zero attached hydrogens (tertiary/aromatic N) is 2. The SMILES string of the molecule is NCc1cccc(Sc2ncco2)n1. The quantitative estimate of drug-likeness (QED) is 0.829. The fourth-order valence-corrected chi connectivity index (χ4v) is 1.68. The van der Waals surface area contributed by atoms with Crippen molar-refractivity contribution in [1.82, 2.24) is 9.97 Å². The van der Waals surface area contributed by atoms with E-state index in [1.165, 1.54) is 18.0 Å². The molecular formula is C9H9N3OS. The van der Waals surface area contributed by atoms with Gasteiger partial charge in [-0.1, -0.05) is 6.07 Å². The summed E-state index contributed by atoms with van der Waals surface area (Å²) in [5.41, 5.74) is 6.34. The predicted octanol–water partition coefficient (Wildman–Crippen LogP) is 1.68. The summed E-state index contributed by atoms with van der Waals surface area (Å²) in [5.74, 6) is 0. The number of hydrogen-bond acceptors (Lipinski definition) is 5. The van der Waals surface area contributed by atoms with E-state index in [0.717, 1.165) is 10.7 Å². The monoisotopic (exact) mass is 207 g/mol. The molecule has 4 nitrogen and oxygen atoms in total. The first kappa shape index (κ1) is 9.23. The van der Waals surface area contributed by atoms with Gasteiger partial charge in [-0.05, 0) is 23.9 Å². The van der Waals surface area contributed by atoms with E-state index >= 15 is 0 Å². The number of aromatic nitrogens is 2. The van der Waals surface area contributed by atoms with Crippen LogP contribution in [0, 0.1) is 0 Å². The van der Waals surface area contributed by atoms with Crippen LogP contribution in [0.15, 0.2) is 45.3 Å². The Hall–Kier alpha value is -1.33. The second-order valence-electron chi connectivity index (χ2n) is 2.57. The minimum Gasteiger partial charge on any atom is -0.440 e. The molecule has 0 fully saturated rings. The molecule has 0 atom stereocenters. The third-order valence-electron chi connectivity index (χ3n) is 1.59. The number of oxazole rings is 1. The van der Waals surface area contributed by atoms with Gasteiger partial charge in [-0.2, -0.15) is 0 Å². The molecule has 2 N–H and O–H groups in total. The summed E-state index contributed by atoms with van der Waals surface area (Å²) < 4.78 is 5.09. The van der Waals surface area contributed by atoms with Crippen LogP contribution in [-0.2, 0) is 6.54 Å². The van der Waals surface area contributed by atoms with Gasteiger partial charge < -0.3 is 10.2 Å². The lowest BCUT2D eigenvalue weighted by Crippen LogP contribution is -1.99. The van der Waals surface area contributed by atoms with Crippen molar-refractivity contribution in [2.75, 3.05) is 0 Å². The molecular weight excluding hydrogens is 198 g/mol. The average molecular weight is 207 g/mol. The van der Waals surface area contributed by atoms with Gasteiger partial charge in [0.25, 0.3) is 5.22 Å². The molecule has 0 aliphatic rings. The molecule has 0 saturated heterocycles. The van der Waals surface area contributed by atoms with Crippen LogP contribution in [0.25, 0.3) is 0 Å². The summed E-state index contributed by atoms with van der Waals surface area (Å²) in [6.07, 6.45) is 3.14. The van der Waals surface area contributed by atoms with Crippen LogP contribution in [-0.4, -0.2) is 9.97 Å². The predicted molar refractivity (Wildman–Crippen MR) is 52.8 cm³/mol. The molecule has 0 bridgehead atoms. The van der Waals surface area contributed by atoms with E-state index in [1.807, 2.05) is 18.2 Å². The third-order valence-corrected chi connectivity index (χ3v) is 2.40. The highest BCUT2D eigenvalue weighted by molar-refractivity contribution is 7.99. The number of pyridine rings is 1. The Morgan fingerprint density at radius 1 is 1.43 bits per heavy atom. The normalized spacial score (nSPS) is 10.4. The third kappa shape index (κ3) is 2.12. The summed E-state index contributed by atoms with van der Waals surface area (Å²) in [6, 6.07) is 5.70. The van der Waals surface area contributed by atoms with Crippen molar-refractivity contribution in [1.29, 1.82) is 0 Å². The second kappa shape index (κ2) is 4.26. The molecule has 0 aromatic carbocycles. The molecule has 0 saturated carbocycles. The van der Waals surface area contributed by atoms with Gasteiger partial charge in [0.05, 0.1) is 11.9 Å². The first-order valence-corrected chi connectivity index (χ1v) is 4.93. The van der Waals surface area contributed by atoms with Crippen LogP contribution in [0.5, 0.6) is 0 Å². The number of hydrogen-bond donors (Lipinski definition) is 1. The van der Waals surface area contributed by atoms with Gasteiger partial charge in [0.1, 0.15) is 11.3 Å². The Bertz CT molecular complexity index is 402. The summed E-state index contributed by atoms with van der Waals surface area (Å²) >= 11 is 1.38. The first-order valence-electron chi connectivity index (χ1n) is 4.12. The van der Waals surface area contributed by atoms with Crippen molar-refractivity contribution in [3.63, 3.8) is 0 Å². The maximum absolute atomic E-state index is 5.48. The summed E-state index contributed by atoms with van der Waals surface area (Å²) in [5, 5.41) is 1.43. The number of rotatable bonds is 3. The second-order valence-corrected chi connectivity index (χ2v) is 3.54. The molecule has 0 radical (unpaired) electrons. The smallest absolute Gasteiger partial charge is 0.261 e. The summed E-state index contributed by atoms with van der Waals surface area (Å²) in [4.78, 5) is 8.30. The van der Waals surface area contributed by atoms with Gasteiger partial charge in [-0.15, -0.1) is 0 Å². The first-order chi connectivity index (χ1) is 6.88. The van der Waals surface area contributed by atoms with Crippen molar-refractivity contribution >= 4 is 11.8 Å². The molecule has 0 unspecified atom stereocenters. The van der Waals surface area contributed by atoms with Crippen LogP contribution in [0.2, 0.25) is 0 Å². The van der Waals surface area contributed by atoms with E-state index in [1.54, 1.807) is 6.20 Å². The molecule has 0 spiro atoms. The standard InChI is InChI=1S/C9H9N3OS/c10-6-7-2-1-3-8(12-7)14-9-11-4-5-13-9/h1-5H,6,10H2. The van der Waals surface area contributed by atoms with Crippen LogP contribution in [0.3, 0.4) is 0 Å². The van der Waals surface area contributed by atoms with Crippen molar-refractivity contribution in [3.8, 4) is 0 Å². The lowest BCUT2D eigenvalue weighted by Gasteiger charge is -1.98. The lowest BCUT2D eigenvalue weighted by atomic mass is 10.4. The molecule has 2 heterocycles. The van der Waals surface area contributed by atoms with Crippen LogP contribution >= 0.6 is 11.8 Å². The van der Waals surface area contributed by atoms with E-state index in [2.05, 4.69) is 9.97 Å². The van der Waals surface area contributed by atoms with Crippen molar-refractivity contribution in [3.05, 3.63) is 36.4 Å². The van der Waals surface area contributed by atoms with Crippen molar-refractivity contribution in [2.24, 2.45) is 5.73 Å². The molecule has 0 amide bonds. The fourth-order valence-electron chi connectivity index (χ4n) is 0.978. The van der Waals surface area contributed by atoms with Crippen molar-refractivity contribution < 1.29 is 4.42 Å². The Morgan fingerprint density at radius 2 is 2.36 bits per heavy atom. The van der Waals surface area contributed by atoms with E-state index in [-0.39, 0.29) is 0 Å². The molecule has 0 aliphatic heterocycles. The highest BCUT2D eigenvalue weighted by atomic mass is 32.2. The topological polar surface area (TPSA) is 64.9 Å². The minimum atomic E-state index is 0.444. The Morgan fingerprint density at radius 3 is 3.07 bits per heavy atom. The largest absolute Gasteiger partial charge is 0.440 e. The molecule has 5 heteroatoms. The van der Waals surface area contributed by atoms with Crippen LogP contribution in [0.1, 0.15) is 5.69 Å². The van der Waals surface area contributed by atoms with E-state index in [0.29, 0.717) is 11.8 Å². The maximum atomic E-state index is 5.48. The van der Waals surface area contributed by atoms with Crippen LogP contribution < -0.4 is 5.73 Å². The fraction of sp³-hybridized carbons (Fsp3) is 0.111. The van der Waals surface area contributed by atoms with Gasteiger partial charge >= 0.3 is 0 Å². The van der Waals surface area contributed by atoms with E-state index in [9.17, 15) is 0 Å². The molecule has 14 heavy (non-hydrogen) atoms. The zero-order valence-corrected chi connectivity index (χ0v) is 8.20. The Labute approximate surface area is 85.6 Å². The van der Waals surface area contributed by atoms with E-state index < -0.39 is 0 Å². The van der Waals surface area contributed by atoms with Gasteiger partial charge in [-0.3, -0.25) is 0 Å². The average Bonchev–Trinajstić information content (AvgIpc) is 2.71. The minimum absolute atomic E-state index is 0.444. The van der Waals surface area contributed by atoms with E-state index in [4.69, 9.17) is 10.2 Å². The maximum Gasteiger partial charge on any atom is 0.261 e. The Kier molecular flexibility index (Phi) is 2.81. The number of nitrogens with two attached hydrogens (primary N) is 1. The van der Waals surface area contributed by atoms with Gasteiger partial charge in [-0.25, -0.2) is 9.97 Å². The highest BCUT2D eigenvalue weighted by Gasteiger charge is 2.02. The Balaban J connectivity index is 2.17. The zero-order valence-electron chi connectivity index (χ0n) is 7.38. The van der Waals surface area contributed by atoms with Crippen molar-refractivity contribution in [2.45, 2.75) is 16.8 Å². The zero-order chi connectivity index (χ0) is 9.80. The van der Waals surface area contributed by atoms with Gasteiger partial charge in [0.2, 0.25) is 0 Å². The van der Waals surface area contributed by atoms with Gasteiger partial charge in [0.15, 0.2) is 0 Å². The lowest BCUT2D eigenvalue weighted by molar-refractivity contribution is 0.454. The molecule has 0 aliphatic carbocycles. The molecule has 2 rings (SSSR count). The summed E-state index contributed by atoms with van der Waals surface area (Å²) in [7, 11) is 0.